The van der Waals surface area contributed by atoms with Gasteiger partial charge < -0.3 is 15.0 Å². The smallest absolute Gasteiger partial charge is 0.265 e. The minimum Gasteiger partial charge on any atom is -0.482 e. The van der Waals surface area contributed by atoms with Crippen LogP contribution in [0.1, 0.15) is 19.3 Å². The van der Waals surface area contributed by atoms with Gasteiger partial charge in [-0.25, -0.2) is 0 Å². The summed E-state index contributed by atoms with van der Waals surface area (Å²) >= 11 is 0. The molecule has 5 nitrogen and oxygen atoms in total. The molecule has 100 valence electrons. The van der Waals surface area contributed by atoms with E-state index < -0.39 is 0 Å². The van der Waals surface area contributed by atoms with Crippen molar-refractivity contribution in [2.24, 2.45) is 0 Å². The first-order valence-electron chi connectivity index (χ1n) is 6.55. The number of rotatable bonds is 4. The van der Waals surface area contributed by atoms with E-state index in [2.05, 4.69) is 5.32 Å². The molecule has 19 heavy (non-hydrogen) atoms. The van der Waals surface area contributed by atoms with Gasteiger partial charge in [-0.05, 0) is 25.0 Å². The zero-order valence-corrected chi connectivity index (χ0v) is 10.6. The van der Waals surface area contributed by atoms with Crippen LogP contribution in [0, 0.1) is 0 Å². The molecule has 3 rings (SSSR count). The van der Waals surface area contributed by atoms with Crippen LogP contribution in [0.2, 0.25) is 0 Å². The summed E-state index contributed by atoms with van der Waals surface area (Å²) in [5.41, 5.74) is 0.748. The van der Waals surface area contributed by atoms with Gasteiger partial charge >= 0.3 is 0 Å². The number of nitrogens with zero attached hydrogens (tertiary/aromatic N) is 1. The second-order valence-corrected chi connectivity index (χ2v) is 4.89. The number of carbonyl (C=O) groups excluding carboxylic acids is 2. The molecule has 1 aliphatic heterocycles. The van der Waals surface area contributed by atoms with Crippen LogP contribution in [-0.4, -0.2) is 31.0 Å². The predicted octanol–water partition coefficient (Wildman–Crippen LogP) is 1.08. The largest absolute Gasteiger partial charge is 0.482 e. The van der Waals surface area contributed by atoms with Crippen LogP contribution in [0.3, 0.4) is 0 Å². The molecular formula is C14H16N2O3. The van der Waals surface area contributed by atoms with Crippen molar-refractivity contribution < 1.29 is 14.3 Å². The van der Waals surface area contributed by atoms with Gasteiger partial charge in [0, 0.05) is 19.0 Å². The number of nitrogens with one attached hydrogen (secondary N) is 1. The molecule has 0 aromatic heterocycles. The van der Waals surface area contributed by atoms with E-state index in [1.807, 2.05) is 24.3 Å². The number of ether oxygens (including phenoxy) is 1. The Morgan fingerprint density at radius 2 is 2.16 bits per heavy atom. The third kappa shape index (κ3) is 2.70. The molecule has 1 fully saturated rings. The van der Waals surface area contributed by atoms with Crippen molar-refractivity contribution in [1.29, 1.82) is 0 Å². The highest BCUT2D eigenvalue weighted by Crippen LogP contribution is 2.31. The number of amides is 2. The van der Waals surface area contributed by atoms with E-state index in [0.29, 0.717) is 24.8 Å². The maximum Gasteiger partial charge on any atom is 0.265 e. The monoisotopic (exact) mass is 260 g/mol. The molecule has 2 aliphatic rings. The van der Waals surface area contributed by atoms with Crippen molar-refractivity contribution in [3.63, 3.8) is 0 Å². The van der Waals surface area contributed by atoms with Crippen molar-refractivity contribution in [3.05, 3.63) is 24.3 Å². The van der Waals surface area contributed by atoms with E-state index >= 15 is 0 Å². The van der Waals surface area contributed by atoms with Crippen molar-refractivity contribution in [1.82, 2.24) is 5.32 Å². The topological polar surface area (TPSA) is 58.6 Å². The van der Waals surface area contributed by atoms with Gasteiger partial charge in [0.05, 0.1) is 5.69 Å². The molecular weight excluding hydrogens is 244 g/mol. The van der Waals surface area contributed by atoms with Crippen LogP contribution in [0.25, 0.3) is 0 Å². The lowest BCUT2D eigenvalue weighted by atomic mass is 10.2. The Hall–Kier alpha value is -2.04. The summed E-state index contributed by atoms with van der Waals surface area (Å²) < 4.78 is 5.36. The molecule has 0 atom stereocenters. The van der Waals surface area contributed by atoms with Crippen LogP contribution in [-0.2, 0) is 9.59 Å². The standard InChI is InChI=1S/C14H16N2O3/c17-13(15-10-5-6-10)7-8-16-11-3-1-2-4-12(11)19-9-14(16)18/h1-4,10H,5-9H2,(H,15,17). The number of para-hydroxylation sites is 2. The fourth-order valence-corrected chi connectivity index (χ4v) is 2.14. The highest BCUT2D eigenvalue weighted by Gasteiger charge is 2.27. The second-order valence-electron chi connectivity index (χ2n) is 4.89. The van der Waals surface area contributed by atoms with Gasteiger partial charge in [-0.15, -0.1) is 0 Å². The van der Waals surface area contributed by atoms with Crippen molar-refractivity contribution in [2.45, 2.75) is 25.3 Å². The molecule has 1 saturated carbocycles. The molecule has 0 radical (unpaired) electrons. The average molecular weight is 260 g/mol. The molecule has 0 bridgehead atoms. The maximum absolute atomic E-state index is 11.9. The summed E-state index contributed by atoms with van der Waals surface area (Å²) in [6.45, 7) is 0.443. The summed E-state index contributed by atoms with van der Waals surface area (Å²) in [5, 5.41) is 2.92. The first kappa shape index (κ1) is 12.0. The van der Waals surface area contributed by atoms with E-state index in [0.717, 1.165) is 18.5 Å². The SMILES string of the molecule is O=C(CCN1C(=O)COc2ccccc21)NC1CC1. The Kier molecular flexibility index (Phi) is 3.11. The summed E-state index contributed by atoms with van der Waals surface area (Å²) in [7, 11) is 0. The Balaban J connectivity index is 1.65. The number of carbonyl (C=O) groups is 2. The lowest BCUT2D eigenvalue weighted by molar-refractivity contribution is -0.122. The molecule has 1 aromatic carbocycles. The number of hydrogen-bond acceptors (Lipinski definition) is 3. The van der Waals surface area contributed by atoms with Crippen LogP contribution in [0.4, 0.5) is 5.69 Å². The fraction of sp³-hybridized carbons (Fsp3) is 0.429. The minimum atomic E-state index is -0.0991. The number of fused-ring (bicyclic) bond motifs is 1. The van der Waals surface area contributed by atoms with Crippen LogP contribution < -0.4 is 15.0 Å². The number of anilines is 1. The number of hydrogen-bond donors (Lipinski definition) is 1. The Labute approximate surface area is 111 Å². The molecule has 2 amide bonds. The summed E-state index contributed by atoms with van der Waals surface area (Å²) in [6, 6.07) is 7.76. The fourth-order valence-electron chi connectivity index (χ4n) is 2.14. The summed E-state index contributed by atoms with van der Waals surface area (Å²) in [5.74, 6) is 0.613. The lowest BCUT2D eigenvalue weighted by Gasteiger charge is -2.29. The summed E-state index contributed by atoms with van der Waals surface area (Å²) in [4.78, 5) is 25.2. The third-order valence-electron chi connectivity index (χ3n) is 3.31. The van der Waals surface area contributed by atoms with Gasteiger partial charge in [-0.1, -0.05) is 12.1 Å². The van der Waals surface area contributed by atoms with Crippen LogP contribution >= 0.6 is 0 Å². The zero-order valence-electron chi connectivity index (χ0n) is 10.6. The zero-order chi connectivity index (χ0) is 13.2. The van der Waals surface area contributed by atoms with E-state index in [4.69, 9.17) is 4.74 Å². The molecule has 1 heterocycles. The lowest BCUT2D eigenvalue weighted by Crippen LogP contribution is -2.41. The van der Waals surface area contributed by atoms with Gasteiger partial charge in [0.15, 0.2) is 6.61 Å². The Morgan fingerprint density at radius 1 is 1.37 bits per heavy atom. The molecule has 1 aliphatic carbocycles. The highest BCUT2D eigenvalue weighted by atomic mass is 16.5. The van der Waals surface area contributed by atoms with Gasteiger partial charge in [0.1, 0.15) is 5.75 Å². The molecule has 0 unspecified atom stereocenters. The van der Waals surface area contributed by atoms with Gasteiger partial charge in [0.25, 0.3) is 5.91 Å². The van der Waals surface area contributed by atoms with Gasteiger partial charge in [0.2, 0.25) is 5.91 Å². The normalized spacial score (nSPS) is 17.7. The van der Waals surface area contributed by atoms with E-state index in [1.54, 1.807) is 4.90 Å². The molecule has 0 spiro atoms. The second kappa shape index (κ2) is 4.91. The van der Waals surface area contributed by atoms with Crippen molar-refractivity contribution >= 4 is 17.5 Å². The van der Waals surface area contributed by atoms with Crippen LogP contribution in [0.15, 0.2) is 24.3 Å². The molecule has 0 saturated heterocycles. The van der Waals surface area contributed by atoms with Gasteiger partial charge in [-0.2, -0.15) is 0 Å². The van der Waals surface area contributed by atoms with E-state index in [-0.39, 0.29) is 18.4 Å². The molecule has 5 heteroatoms. The minimum absolute atomic E-state index is 0.0132. The first-order chi connectivity index (χ1) is 9.24. The first-order valence-corrected chi connectivity index (χ1v) is 6.55. The average Bonchev–Trinajstić information content (AvgIpc) is 3.21. The summed E-state index contributed by atoms with van der Waals surface area (Å²) in [6.07, 6.45) is 2.48. The maximum atomic E-state index is 11.9. The van der Waals surface area contributed by atoms with E-state index in [1.165, 1.54) is 0 Å². The van der Waals surface area contributed by atoms with Crippen molar-refractivity contribution in [3.8, 4) is 5.75 Å². The van der Waals surface area contributed by atoms with E-state index in [9.17, 15) is 9.59 Å². The Morgan fingerprint density at radius 3 is 2.95 bits per heavy atom. The molecule has 1 N–H and O–H groups in total. The number of benzene rings is 1. The molecule has 1 aromatic rings. The predicted molar refractivity (Wildman–Crippen MR) is 70.1 cm³/mol. The van der Waals surface area contributed by atoms with Crippen LogP contribution in [0.5, 0.6) is 5.75 Å². The highest BCUT2D eigenvalue weighted by molar-refractivity contribution is 5.98. The quantitative estimate of drug-likeness (QED) is 0.881. The Bertz CT molecular complexity index is 511. The van der Waals surface area contributed by atoms with Crippen molar-refractivity contribution in [2.75, 3.05) is 18.1 Å². The third-order valence-corrected chi connectivity index (χ3v) is 3.31. The van der Waals surface area contributed by atoms with Gasteiger partial charge in [-0.3, -0.25) is 9.59 Å².